The van der Waals surface area contributed by atoms with E-state index in [1.807, 2.05) is 11.8 Å². The Bertz CT molecular complexity index is 237. The second kappa shape index (κ2) is 5.92. The number of primary amides is 1. The fourth-order valence-corrected chi connectivity index (χ4v) is 3.63. The normalized spacial score (nSPS) is 22.9. The number of hydrogen-bond donors (Lipinski definition) is 2. The second-order valence-electron chi connectivity index (χ2n) is 5.28. The summed E-state index contributed by atoms with van der Waals surface area (Å²) in [4.78, 5) is 11.1. The van der Waals surface area contributed by atoms with Crippen LogP contribution in [-0.4, -0.2) is 22.4 Å². The van der Waals surface area contributed by atoms with Crippen molar-refractivity contribution < 1.29 is 4.79 Å². The number of thioether (sulfide) groups is 1. The first-order valence-electron chi connectivity index (χ1n) is 6.12. The molecule has 0 aliphatic heterocycles. The predicted octanol–water partition coefficient (Wildman–Crippen LogP) is 1.89. The lowest BCUT2D eigenvalue weighted by atomic mass is 9.97. The Morgan fingerprint density at radius 2 is 2.06 bits per heavy atom. The van der Waals surface area contributed by atoms with E-state index in [1.165, 1.54) is 31.4 Å². The zero-order chi connectivity index (χ0) is 12.2. The molecule has 16 heavy (non-hydrogen) atoms. The maximum Gasteiger partial charge on any atom is 0.237 e. The Labute approximate surface area is 103 Å². The van der Waals surface area contributed by atoms with E-state index in [0.717, 1.165) is 5.92 Å². The fourth-order valence-electron chi connectivity index (χ4n) is 2.23. The number of nitrogens with two attached hydrogens (primary N) is 2. The Morgan fingerprint density at radius 1 is 1.50 bits per heavy atom. The molecule has 0 saturated heterocycles. The molecule has 94 valence electrons. The molecule has 1 rings (SSSR count). The molecule has 0 heterocycles. The number of carbonyl (C=O) groups excluding carboxylic acids is 1. The number of hydrogen-bond acceptors (Lipinski definition) is 3. The monoisotopic (exact) mass is 244 g/mol. The van der Waals surface area contributed by atoms with Crippen molar-refractivity contribution in [1.29, 1.82) is 0 Å². The summed E-state index contributed by atoms with van der Waals surface area (Å²) >= 11 is 1.93. The lowest BCUT2D eigenvalue weighted by molar-refractivity contribution is -0.122. The van der Waals surface area contributed by atoms with Crippen LogP contribution in [0, 0.1) is 5.92 Å². The summed E-state index contributed by atoms with van der Waals surface area (Å²) in [5.41, 5.74) is 10.3. The Kier molecular flexibility index (Phi) is 5.12. The third-order valence-corrected chi connectivity index (χ3v) is 4.77. The molecule has 2 atom stereocenters. The standard InChI is InChI=1S/C12H24N2OS/c1-9(7-12(2,14)11(13)15)16-8-10-5-3-4-6-10/h9-10H,3-8,14H2,1-2H3,(H2,13,15). The van der Waals surface area contributed by atoms with Crippen molar-refractivity contribution in [3.63, 3.8) is 0 Å². The van der Waals surface area contributed by atoms with Gasteiger partial charge in [0.25, 0.3) is 0 Å². The van der Waals surface area contributed by atoms with Crippen molar-refractivity contribution in [2.45, 2.75) is 56.7 Å². The molecule has 0 aromatic carbocycles. The van der Waals surface area contributed by atoms with Gasteiger partial charge in [-0.05, 0) is 37.9 Å². The van der Waals surface area contributed by atoms with Gasteiger partial charge in [-0.2, -0.15) is 11.8 Å². The molecule has 1 fully saturated rings. The van der Waals surface area contributed by atoms with Crippen LogP contribution >= 0.6 is 11.8 Å². The van der Waals surface area contributed by atoms with E-state index in [-0.39, 0.29) is 0 Å². The molecule has 0 spiro atoms. The zero-order valence-electron chi connectivity index (χ0n) is 10.4. The van der Waals surface area contributed by atoms with E-state index in [2.05, 4.69) is 6.92 Å². The van der Waals surface area contributed by atoms with Crippen LogP contribution < -0.4 is 11.5 Å². The Hall–Kier alpha value is -0.220. The summed E-state index contributed by atoms with van der Waals surface area (Å²) in [5, 5.41) is 0.406. The highest BCUT2D eigenvalue weighted by Crippen LogP contribution is 2.30. The van der Waals surface area contributed by atoms with Gasteiger partial charge in [0, 0.05) is 5.25 Å². The molecule has 3 nitrogen and oxygen atoms in total. The van der Waals surface area contributed by atoms with Gasteiger partial charge < -0.3 is 11.5 Å². The molecule has 4 heteroatoms. The van der Waals surface area contributed by atoms with Crippen molar-refractivity contribution in [2.24, 2.45) is 17.4 Å². The molecular formula is C12H24N2OS. The van der Waals surface area contributed by atoms with E-state index in [0.29, 0.717) is 11.7 Å². The quantitative estimate of drug-likeness (QED) is 0.749. The molecule has 0 aromatic rings. The van der Waals surface area contributed by atoms with Crippen LogP contribution in [0.5, 0.6) is 0 Å². The smallest absolute Gasteiger partial charge is 0.237 e. The van der Waals surface area contributed by atoms with Crippen LogP contribution in [0.4, 0.5) is 0 Å². The maximum absolute atomic E-state index is 11.1. The van der Waals surface area contributed by atoms with Gasteiger partial charge in [-0.1, -0.05) is 19.8 Å². The zero-order valence-corrected chi connectivity index (χ0v) is 11.2. The van der Waals surface area contributed by atoms with Crippen LogP contribution in [-0.2, 0) is 4.79 Å². The maximum atomic E-state index is 11.1. The van der Waals surface area contributed by atoms with E-state index < -0.39 is 11.4 Å². The van der Waals surface area contributed by atoms with Crippen LogP contribution in [0.25, 0.3) is 0 Å². The van der Waals surface area contributed by atoms with Gasteiger partial charge in [0.1, 0.15) is 0 Å². The van der Waals surface area contributed by atoms with Crippen LogP contribution in [0.3, 0.4) is 0 Å². The molecule has 2 unspecified atom stereocenters. The van der Waals surface area contributed by atoms with E-state index in [9.17, 15) is 4.79 Å². The largest absolute Gasteiger partial charge is 0.368 e. The van der Waals surface area contributed by atoms with Crippen LogP contribution in [0.1, 0.15) is 46.0 Å². The predicted molar refractivity (Wildman–Crippen MR) is 70.3 cm³/mol. The minimum atomic E-state index is -0.859. The van der Waals surface area contributed by atoms with E-state index in [4.69, 9.17) is 11.5 Å². The third-order valence-electron chi connectivity index (χ3n) is 3.37. The van der Waals surface area contributed by atoms with Gasteiger partial charge in [0.15, 0.2) is 0 Å². The number of rotatable bonds is 6. The number of carbonyl (C=O) groups is 1. The first-order valence-corrected chi connectivity index (χ1v) is 7.17. The van der Waals surface area contributed by atoms with Crippen molar-refractivity contribution >= 4 is 17.7 Å². The molecule has 0 aromatic heterocycles. The Morgan fingerprint density at radius 3 is 2.56 bits per heavy atom. The summed E-state index contributed by atoms with van der Waals surface area (Å²) in [5.74, 6) is 1.68. The molecule has 1 saturated carbocycles. The highest BCUT2D eigenvalue weighted by Gasteiger charge is 2.28. The number of amides is 1. The first kappa shape index (κ1) is 13.8. The van der Waals surface area contributed by atoms with Gasteiger partial charge in [0.2, 0.25) is 5.91 Å². The highest BCUT2D eigenvalue weighted by molar-refractivity contribution is 7.99. The fraction of sp³-hybridized carbons (Fsp3) is 0.917. The average Bonchev–Trinajstić information content (AvgIpc) is 2.66. The molecule has 4 N–H and O–H groups in total. The summed E-state index contributed by atoms with van der Waals surface area (Å²) in [7, 11) is 0. The lowest BCUT2D eigenvalue weighted by Crippen LogP contribution is -2.50. The van der Waals surface area contributed by atoms with Crippen LogP contribution in [0.15, 0.2) is 0 Å². The average molecular weight is 244 g/mol. The molecular weight excluding hydrogens is 220 g/mol. The molecule has 1 aliphatic carbocycles. The molecule has 0 bridgehead atoms. The third kappa shape index (κ3) is 4.34. The molecule has 1 aliphatic rings. The van der Waals surface area contributed by atoms with Crippen molar-refractivity contribution in [1.82, 2.24) is 0 Å². The summed E-state index contributed by atoms with van der Waals surface area (Å²) in [6.07, 6.45) is 6.18. The van der Waals surface area contributed by atoms with Gasteiger partial charge in [-0.3, -0.25) is 4.79 Å². The first-order chi connectivity index (χ1) is 7.42. The topological polar surface area (TPSA) is 69.1 Å². The van der Waals surface area contributed by atoms with E-state index in [1.54, 1.807) is 6.92 Å². The summed E-state index contributed by atoms with van der Waals surface area (Å²) in [6.45, 7) is 3.86. The lowest BCUT2D eigenvalue weighted by Gasteiger charge is -2.24. The van der Waals surface area contributed by atoms with Gasteiger partial charge in [-0.15, -0.1) is 0 Å². The highest BCUT2D eigenvalue weighted by atomic mass is 32.2. The van der Waals surface area contributed by atoms with Crippen molar-refractivity contribution in [2.75, 3.05) is 5.75 Å². The SMILES string of the molecule is CC(CC(C)(N)C(N)=O)SCC1CCCC1. The summed E-state index contributed by atoms with van der Waals surface area (Å²) < 4.78 is 0. The van der Waals surface area contributed by atoms with E-state index >= 15 is 0 Å². The summed E-state index contributed by atoms with van der Waals surface area (Å²) in [6, 6.07) is 0. The minimum absolute atomic E-state index is 0.402. The van der Waals surface area contributed by atoms with Gasteiger partial charge >= 0.3 is 0 Å². The minimum Gasteiger partial charge on any atom is -0.368 e. The van der Waals surface area contributed by atoms with Crippen LogP contribution in [0.2, 0.25) is 0 Å². The van der Waals surface area contributed by atoms with Gasteiger partial charge in [0.05, 0.1) is 5.54 Å². The van der Waals surface area contributed by atoms with Gasteiger partial charge in [-0.25, -0.2) is 0 Å². The molecule has 0 radical (unpaired) electrons. The second-order valence-corrected chi connectivity index (χ2v) is 6.75. The Balaban J connectivity index is 2.24. The van der Waals surface area contributed by atoms with Crippen molar-refractivity contribution in [3.8, 4) is 0 Å². The van der Waals surface area contributed by atoms with Crippen molar-refractivity contribution in [3.05, 3.63) is 0 Å². The molecule has 1 amide bonds.